The van der Waals surface area contributed by atoms with Crippen LogP contribution >= 0.6 is 11.3 Å². The fourth-order valence-electron chi connectivity index (χ4n) is 2.57. The number of benzene rings is 1. The minimum absolute atomic E-state index is 0.0127. The Hall–Kier alpha value is -2.73. The fourth-order valence-corrected chi connectivity index (χ4v) is 3.31. The van der Waals surface area contributed by atoms with Gasteiger partial charge in [0.15, 0.2) is 17.5 Å². The summed E-state index contributed by atoms with van der Waals surface area (Å²) in [6, 6.07) is 13.7. The molecular formula is C20H22N3O2S+. The van der Waals surface area contributed by atoms with E-state index in [0.717, 1.165) is 36.4 Å². The van der Waals surface area contributed by atoms with Crippen molar-refractivity contribution in [2.24, 2.45) is 0 Å². The van der Waals surface area contributed by atoms with Crippen molar-refractivity contribution in [3.05, 3.63) is 60.2 Å². The number of amides is 1. The number of aryl methyl sites for hydroxylation is 1. The van der Waals surface area contributed by atoms with Crippen LogP contribution in [0, 0.1) is 0 Å². The molecule has 0 saturated carbocycles. The van der Waals surface area contributed by atoms with Crippen LogP contribution in [0.1, 0.15) is 19.3 Å². The van der Waals surface area contributed by atoms with E-state index < -0.39 is 0 Å². The van der Waals surface area contributed by atoms with Crippen molar-refractivity contribution in [2.75, 3.05) is 12.4 Å². The quantitative estimate of drug-likeness (QED) is 0.484. The zero-order valence-electron chi connectivity index (χ0n) is 14.7. The molecule has 2 heterocycles. The summed E-state index contributed by atoms with van der Waals surface area (Å²) in [6.07, 6.45) is 6.40. The van der Waals surface area contributed by atoms with Gasteiger partial charge in [0.25, 0.3) is 0 Å². The minimum atomic E-state index is 0.0127. The predicted molar refractivity (Wildman–Crippen MR) is 103 cm³/mol. The third-order valence-corrected chi connectivity index (χ3v) is 4.74. The van der Waals surface area contributed by atoms with Crippen LogP contribution in [0.5, 0.6) is 5.75 Å². The van der Waals surface area contributed by atoms with Crippen LogP contribution in [0.4, 0.5) is 5.13 Å². The van der Waals surface area contributed by atoms with Crippen molar-refractivity contribution >= 4 is 22.4 Å². The summed E-state index contributed by atoms with van der Waals surface area (Å²) in [5.74, 6) is 0.824. The first-order chi connectivity index (χ1) is 12.7. The molecule has 0 radical (unpaired) electrons. The highest BCUT2D eigenvalue weighted by Gasteiger charge is 2.09. The Morgan fingerprint density at radius 1 is 1.15 bits per heavy atom. The van der Waals surface area contributed by atoms with E-state index >= 15 is 0 Å². The Bertz CT molecular complexity index is 832. The second-order valence-corrected chi connectivity index (χ2v) is 6.74. The third kappa shape index (κ3) is 5.13. The number of nitrogens with zero attached hydrogens (tertiary/aromatic N) is 2. The van der Waals surface area contributed by atoms with Gasteiger partial charge in [-0.15, -0.1) is 11.3 Å². The lowest BCUT2D eigenvalue weighted by Crippen LogP contribution is -2.32. The van der Waals surface area contributed by atoms with Gasteiger partial charge in [-0.3, -0.25) is 4.79 Å². The molecule has 0 fully saturated rings. The summed E-state index contributed by atoms with van der Waals surface area (Å²) in [5.41, 5.74) is 1.86. The first kappa shape index (κ1) is 18.1. The van der Waals surface area contributed by atoms with Gasteiger partial charge in [0.05, 0.1) is 12.8 Å². The topological polar surface area (TPSA) is 55.1 Å². The Labute approximate surface area is 157 Å². The van der Waals surface area contributed by atoms with Crippen LogP contribution < -0.4 is 14.6 Å². The van der Waals surface area contributed by atoms with Crippen molar-refractivity contribution in [2.45, 2.75) is 25.8 Å². The number of pyridine rings is 1. The lowest BCUT2D eigenvalue weighted by atomic mass is 10.2. The third-order valence-electron chi connectivity index (χ3n) is 3.98. The second-order valence-electron chi connectivity index (χ2n) is 5.89. The van der Waals surface area contributed by atoms with Crippen LogP contribution in [0.15, 0.2) is 60.2 Å². The van der Waals surface area contributed by atoms with Gasteiger partial charge in [0.1, 0.15) is 12.3 Å². The maximum Gasteiger partial charge on any atom is 0.226 e. The largest absolute Gasteiger partial charge is 0.497 e. The van der Waals surface area contributed by atoms with E-state index in [4.69, 9.17) is 4.74 Å². The molecule has 1 N–H and O–H groups in total. The Balaban J connectivity index is 1.45. The molecule has 0 unspecified atom stereocenters. The molecule has 0 atom stereocenters. The van der Waals surface area contributed by atoms with Crippen molar-refractivity contribution in [3.63, 3.8) is 0 Å². The molecule has 0 spiro atoms. The SMILES string of the molecule is COc1ccc(-c2csc(NC(=O)CCCC[n+]3ccccc3)n2)cc1. The van der Waals surface area contributed by atoms with Crippen molar-refractivity contribution in [3.8, 4) is 17.0 Å². The van der Waals surface area contributed by atoms with Crippen LogP contribution in [-0.2, 0) is 11.3 Å². The molecule has 0 saturated heterocycles. The van der Waals surface area contributed by atoms with E-state index in [1.807, 2.05) is 60.2 Å². The molecule has 6 heteroatoms. The number of unbranched alkanes of at least 4 members (excludes halogenated alkanes) is 1. The van der Waals surface area contributed by atoms with E-state index in [1.165, 1.54) is 11.3 Å². The van der Waals surface area contributed by atoms with Crippen LogP contribution in [-0.4, -0.2) is 18.0 Å². The van der Waals surface area contributed by atoms with Crippen molar-refractivity contribution in [1.82, 2.24) is 4.98 Å². The molecule has 3 rings (SSSR count). The number of carbonyl (C=O) groups excluding carboxylic acids is 1. The number of thiazole rings is 1. The molecule has 0 aliphatic rings. The van der Waals surface area contributed by atoms with Crippen LogP contribution in [0.25, 0.3) is 11.3 Å². The lowest BCUT2D eigenvalue weighted by Gasteiger charge is -2.02. The number of hydrogen-bond acceptors (Lipinski definition) is 4. The molecule has 0 aliphatic carbocycles. The van der Waals surface area contributed by atoms with Gasteiger partial charge in [-0.2, -0.15) is 0 Å². The van der Waals surface area contributed by atoms with Crippen molar-refractivity contribution in [1.29, 1.82) is 0 Å². The van der Waals surface area contributed by atoms with Gasteiger partial charge < -0.3 is 10.1 Å². The average molecular weight is 368 g/mol. The number of methoxy groups -OCH3 is 1. The summed E-state index contributed by atoms with van der Waals surface area (Å²) >= 11 is 1.44. The summed E-state index contributed by atoms with van der Waals surface area (Å²) in [4.78, 5) is 16.6. The number of rotatable bonds is 8. The number of hydrogen-bond donors (Lipinski definition) is 1. The van der Waals surface area contributed by atoms with E-state index in [0.29, 0.717) is 11.6 Å². The first-order valence-electron chi connectivity index (χ1n) is 8.58. The lowest BCUT2D eigenvalue weighted by molar-refractivity contribution is -0.697. The number of anilines is 1. The van der Waals surface area contributed by atoms with Gasteiger partial charge in [0, 0.05) is 35.9 Å². The van der Waals surface area contributed by atoms with Crippen LogP contribution in [0.2, 0.25) is 0 Å². The monoisotopic (exact) mass is 368 g/mol. The molecule has 5 nitrogen and oxygen atoms in total. The number of aromatic nitrogens is 2. The second kappa shape index (κ2) is 9.10. The maximum atomic E-state index is 12.1. The fraction of sp³-hybridized carbons (Fsp3) is 0.250. The zero-order chi connectivity index (χ0) is 18.2. The van der Waals surface area contributed by atoms with Crippen LogP contribution in [0.3, 0.4) is 0 Å². The molecule has 0 bridgehead atoms. The van der Waals surface area contributed by atoms with E-state index in [2.05, 4.69) is 14.9 Å². The highest BCUT2D eigenvalue weighted by molar-refractivity contribution is 7.14. The summed E-state index contributed by atoms with van der Waals surface area (Å²) in [5, 5.41) is 5.48. The van der Waals surface area contributed by atoms with Crippen molar-refractivity contribution < 1.29 is 14.1 Å². The molecule has 3 aromatic rings. The minimum Gasteiger partial charge on any atom is -0.497 e. The van der Waals surface area contributed by atoms with Gasteiger partial charge in [-0.1, -0.05) is 6.07 Å². The molecule has 1 aromatic carbocycles. The number of carbonyl (C=O) groups is 1. The number of nitrogens with one attached hydrogen (secondary N) is 1. The van der Waals surface area contributed by atoms with Gasteiger partial charge in [-0.25, -0.2) is 9.55 Å². The molecule has 1 amide bonds. The highest BCUT2D eigenvalue weighted by atomic mass is 32.1. The molecule has 2 aromatic heterocycles. The smallest absolute Gasteiger partial charge is 0.226 e. The van der Waals surface area contributed by atoms with Gasteiger partial charge >= 0.3 is 0 Å². The average Bonchev–Trinajstić information content (AvgIpc) is 3.14. The van der Waals surface area contributed by atoms with Gasteiger partial charge in [0.2, 0.25) is 5.91 Å². The normalized spacial score (nSPS) is 10.5. The van der Waals surface area contributed by atoms with E-state index in [9.17, 15) is 4.79 Å². The molecular weight excluding hydrogens is 346 g/mol. The van der Waals surface area contributed by atoms with E-state index in [-0.39, 0.29) is 5.91 Å². The Morgan fingerprint density at radius 3 is 2.65 bits per heavy atom. The summed E-state index contributed by atoms with van der Waals surface area (Å²) < 4.78 is 7.29. The Morgan fingerprint density at radius 2 is 1.92 bits per heavy atom. The highest BCUT2D eigenvalue weighted by Crippen LogP contribution is 2.26. The molecule has 26 heavy (non-hydrogen) atoms. The Kier molecular flexibility index (Phi) is 6.33. The summed E-state index contributed by atoms with van der Waals surface area (Å²) in [7, 11) is 1.64. The zero-order valence-corrected chi connectivity index (χ0v) is 15.5. The number of ether oxygens (including phenoxy) is 1. The molecule has 134 valence electrons. The summed E-state index contributed by atoms with van der Waals surface area (Å²) in [6.45, 7) is 0.924. The standard InChI is InChI=1S/C20H21N3O2S/c1-25-17-10-8-16(9-11-17)18-15-26-20(21-18)22-19(24)7-3-6-14-23-12-4-2-5-13-23/h2,4-5,8-13,15H,3,6-7,14H2,1H3/p+1. The predicted octanol–water partition coefficient (Wildman–Crippen LogP) is 3.92. The first-order valence-corrected chi connectivity index (χ1v) is 9.46. The maximum absolute atomic E-state index is 12.1. The van der Waals surface area contributed by atoms with Gasteiger partial charge in [-0.05, 0) is 30.7 Å². The molecule has 0 aliphatic heterocycles. The van der Waals surface area contributed by atoms with E-state index in [1.54, 1.807) is 7.11 Å².